The van der Waals surface area contributed by atoms with E-state index in [1.807, 2.05) is 24.0 Å². The van der Waals surface area contributed by atoms with Gasteiger partial charge in [0, 0.05) is 26.2 Å². The lowest BCUT2D eigenvalue weighted by molar-refractivity contribution is -0.130. The second kappa shape index (κ2) is 8.41. The molecule has 4 rings (SSSR count). The third-order valence-electron chi connectivity index (χ3n) is 5.41. The molecule has 6 heteroatoms. The molecule has 0 unspecified atom stereocenters. The second-order valence-corrected chi connectivity index (χ2v) is 8.52. The maximum atomic E-state index is 12.8. The van der Waals surface area contributed by atoms with E-state index in [2.05, 4.69) is 43.0 Å². The van der Waals surface area contributed by atoms with Crippen molar-refractivity contribution in [3.63, 3.8) is 0 Å². The average Bonchev–Trinajstić information content (AvgIpc) is 3.16. The normalized spacial score (nSPS) is 14.4. The SMILES string of the molecule is CCOc1cccc2sc(N3CCN(C(=O)Cc4ccc(C)cc4C)CC3)nc12. The zero-order chi connectivity index (χ0) is 20.4. The number of piperazine rings is 1. The van der Waals surface area contributed by atoms with E-state index in [9.17, 15) is 4.79 Å². The number of amides is 1. The zero-order valence-corrected chi connectivity index (χ0v) is 18.1. The molecule has 0 bridgehead atoms. The lowest BCUT2D eigenvalue weighted by Crippen LogP contribution is -2.49. The van der Waals surface area contributed by atoms with Crippen molar-refractivity contribution in [1.82, 2.24) is 9.88 Å². The first-order valence-corrected chi connectivity index (χ1v) is 11.0. The van der Waals surface area contributed by atoms with Crippen LogP contribution in [0.5, 0.6) is 5.75 Å². The smallest absolute Gasteiger partial charge is 0.227 e. The van der Waals surface area contributed by atoms with Crippen molar-refractivity contribution in [1.29, 1.82) is 0 Å². The number of anilines is 1. The van der Waals surface area contributed by atoms with Gasteiger partial charge in [-0.25, -0.2) is 4.98 Å². The second-order valence-electron chi connectivity index (χ2n) is 7.51. The average molecular weight is 410 g/mol. The number of rotatable bonds is 5. The Bertz CT molecular complexity index is 1020. The molecule has 1 amide bonds. The van der Waals surface area contributed by atoms with Gasteiger partial charge in [0.05, 0.1) is 17.7 Å². The molecule has 0 spiro atoms. The lowest BCUT2D eigenvalue weighted by atomic mass is 10.0. The molecule has 0 radical (unpaired) electrons. The van der Waals surface area contributed by atoms with Gasteiger partial charge in [0.25, 0.3) is 0 Å². The van der Waals surface area contributed by atoms with Crippen LogP contribution < -0.4 is 9.64 Å². The molecule has 3 aromatic rings. The van der Waals surface area contributed by atoms with Crippen LogP contribution in [0.1, 0.15) is 23.6 Å². The van der Waals surface area contributed by atoms with Gasteiger partial charge in [-0.2, -0.15) is 0 Å². The van der Waals surface area contributed by atoms with E-state index in [1.165, 1.54) is 11.1 Å². The van der Waals surface area contributed by atoms with Crippen LogP contribution in [0, 0.1) is 13.8 Å². The molecule has 152 valence electrons. The fourth-order valence-corrected chi connectivity index (χ4v) is 4.82. The molecule has 1 aromatic heterocycles. The van der Waals surface area contributed by atoms with E-state index in [0.717, 1.165) is 52.8 Å². The van der Waals surface area contributed by atoms with Crippen molar-refractivity contribution in [2.45, 2.75) is 27.2 Å². The summed E-state index contributed by atoms with van der Waals surface area (Å²) in [4.78, 5) is 21.9. The quantitative estimate of drug-likeness (QED) is 0.633. The van der Waals surface area contributed by atoms with Gasteiger partial charge in [-0.05, 0) is 44.0 Å². The Hall–Kier alpha value is -2.60. The van der Waals surface area contributed by atoms with E-state index in [-0.39, 0.29) is 5.91 Å². The summed E-state index contributed by atoms with van der Waals surface area (Å²) >= 11 is 1.69. The predicted molar refractivity (Wildman–Crippen MR) is 119 cm³/mol. The number of carbonyl (C=O) groups is 1. The van der Waals surface area contributed by atoms with Crippen LogP contribution in [-0.4, -0.2) is 48.6 Å². The minimum Gasteiger partial charge on any atom is -0.492 e. The largest absolute Gasteiger partial charge is 0.492 e. The van der Waals surface area contributed by atoms with Crippen molar-refractivity contribution < 1.29 is 9.53 Å². The number of thiazole rings is 1. The number of nitrogens with zero attached hydrogens (tertiary/aromatic N) is 3. The Labute approximate surface area is 175 Å². The molecule has 1 aliphatic heterocycles. The summed E-state index contributed by atoms with van der Waals surface area (Å²) in [5.74, 6) is 1.05. The van der Waals surface area contributed by atoms with Crippen LogP contribution in [-0.2, 0) is 11.2 Å². The molecule has 5 nitrogen and oxygen atoms in total. The number of carbonyl (C=O) groups excluding carboxylic acids is 1. The van der Waals surface area contributed by atoms with Crippen LogP contribution in [0.15, 0.2) is 36.4 Å². The van der Waals surface area contributed by atoms with E-state index in [4.69, 9.17) is 9.72 Å². The van der Waals surface area contributed by atoms with Crippen LogP contribution in [0.2, 0.25) is 0 Å². The summed E-state index contributed by atoms with van der Waals surface area (Å²) in [7, 11) is 0. The molecule has 2 aromatic carbocycles. The van der Waals surface area contributed by atoms with Crippen LogP contribution >= 0.6 is 11.3 Å². The standard InChI is InChI=1S/C23H27N3O2S/c1-4-28-19-6-5-7-20-22(19)24-23(29-20)26-12-10-25(11-13-26)21(27)15-18-9-8-16(2)14-17(18)3/h5-9,14H,4,10-13,15H2,1-3H3. The number of aromatic nitrogens is 1. The maximum absolute atomic E-state index is 12.8. The number of hydrogen-bond acceptors (Lipinski definition) is 5. The molecule has 29 heavy (non-hydrogen) atoms. The molecule has 0 N–H and O–H groups in total. The molecule has 2 heterocycles. The summed E-state index contributed by atoms with van der Waals surface area (Å²) in [6.45, 7) is 9.86. The fourth-order valence-electron chi connectivity index (χ4n) is 3.78. The molecule has 0 atom stereocenters. The highest BCUT2D eigenvalue weighted by Crippen LogP contribution is 2.34. The van der Waals surface area contributed by atoms with Gasteiger partial charge in [-0.15, -0.1) is 0 Å². The zero-order valence-electron chi connectivity index (χ0n) is 17.3. The number of ether oxygens (including phenoxy) is 1. The van der Waals surface area contributed by atoms with Crippen LogP contribution in [0.3, 0.4) is 0 Å². The first kappa shape index (κ1) is 19.7. The summed E-state index contributed by atoms with van der Waals surface area (Å²) in [6, 6.07) is 12.4. The Kier molecular flexibility index (Phi) is 5.72. The van der Waals surface area contributed by atoms with Crippen molar-refractivity contribution in [2.24, 2.45) is 0 Å². The summed E-state index contributed by atoms with van der Waals surface area (Å²) in [5.41, 5.74) is 4.48. The highest BCUT2D eigenvalue weighted by molar-refractivity contribution is 7.22. The van der Waals surface area contributed by atoms with Crippen molar-refractivity contribution in [3.05, 3.63) is 53.1 Å². The fraction of sp³-hybridized carbons (Fsp3) is 0.391. The topological polar surface area (TPSA) is 45.7 Å². The molecular formula is C23H27N3O2S. The minimum atomic E-state index is 0.208. The Balaban J connectivity index is 1.41. The van der Waals surface area contributed by atoms with E-state index in [0.29, 0.717) is 13.0 Å². The van der Waals surface area contributed by atoms with E-state index >= 15 is 0 Å². The van der Waals surface area contributed by atoms with Crippen molar-refractivity contribution >= 4 is 32.6 Å². The number of hydrogen-bond donors (Lipinski definition) is 0. The summed E-state index contributed by atoms with van der Waals surface area (Å²) in [6.07, 6.45) is 0.477. The molecule has 1 saturated heterocycles. The van der Waals surface area contributed by atoms with Gasteiger partial charge in [0.2, 0.25) is 5.91 Å². The number of para-hydroxylation sites is 1. The van der Waals surface area contributed by atoms with Gasteiger partial charge >= 0.3 is 0 Å². The van der Waals surface area contributed by atoms with Gasteiger partial charge in [0.1, 0.15) is 11.3 Å². The molecular weight excluding hydrogens is 382 g/mol. The summed E-state index contributed by atoms with van der Waals surface area (Å²) in [5, 5.41) is 1.01. The minimum absolute atomic E-state index is 0.208. The number of fused-ring (bicyclic) bond motifs is 1. The molecule has 1 fully saturated rings. The number of aryl methyl sites for hydroxylation is 2. The van der Waals surface area contributed by atoms with Crippen LogP contribution in [0.4, 0.5) is 5.13 Å². The lowest BCUT2D eigenvalue weighted by Gasteiger charge is -2.34. The van der Waals surface area contributed by atoms with Crippen LogP contribution in [0.25, 0.3) is 10.2 Å². The van der Waals surface area contributed by atoms with Gasteiger partial charge < -0.3 is 14.5 Å². The van der Waals surface area contributed by atoms with E-state index in [1.54, 1.807) is 11.3 Å². The van der Waals surface area contributed by atoms with Crippen molar-refractivity contribution in [3.8, 4) is 5.75 Å². The van der Waals surface area contributed by atoms with Gasteiger partial charge in [-0.1, -0.05) is 41.2 Å². The molecule has 0 aliphatic carbocycles. The highest BCUT2D eigenvalue weighted by atomic mass is 32.1. The van der Waals surface area contributed by atoms with Crippen molar-refractivity contribution in [2.75, 3.05) is 37.7 Å². The Morgan fingerprint density at radius 1 is 1.14 bits per heavy atom. The predicted octanol–water partition coefficient (Wildman–Crippen LogP) is 4.20. The van der Waals surface area contributed by atoms with E-state index < -0.39 is 0 Å². The summed E-state index contributed by atoms with van der Waals surface area (Å²) < 4.78 is 6.85. The first-order chi connectivity index (χ1) is 14.0. The third kappa shape index (κ3) is 4.22. The monoisotopic (exact) mass is 409 g/mol. The maximum Gasteiger partial charge on any atom is 0.227 e. The third-order valence-corrected chi connectivity index (χ3v) is 6.49. The Morgan fingerprint density at radius 2 is 1.93 bits per heavy atom. The Morgan fingerprint density at radius 3 is 2.66 bits per heavy atom. The van der Waals surface area contributed by atoms with Gasteiger partial charge in [-0.3, -0.25) is 4.79 Å². The first-order valence-electron chi connectivity index (χ1n) is 10.2. The highest BCUT2D eigenvalue weighted by Gasteiger charge is 2.24. The van der Waals surface area contributed by atoms with Gasteiger partial charge in [0.15, 0.2) is 5.13 Å². The molecule has 0 saturated carbocycles. The number of benzene rings is 2. The molecule has 1 aliphatic rings.